The molecule has 0 bridgehead atoms. The van der Waals surface area contributed by atoms with Gasteiger partial charge in [0.2, 0.25) is 0 Å². The molecule has 1 fully saturated rings. The number of methoxy groups -OCH3 is 1. The van der Waals surface area contributed by atoms with Gasteiger partial charge in [-0.2, -0.15) is 0 Å². The lowest BCUT2D eigenvalue weighted by Gasteiger charge is -2.32. The second kappa shape index (κ2) is 9.91. The third-order valence-corrected chi connectivity index (χ3v) is 5.78. The molecule has 2 rings (SSSR count). The Labute approximate surface area is 196 Å². The SMILES string of the molecule is COCOc1ccc(C[C@@H](C(=O)O)N(C)C(=O)OC(C)(C)C)cc1B1OC(C)(C)C(C)(C)O1. The number of rotatable bonds is 8. The molecule has 1 aliphatic rings. The Bertz CT molecular complexity index is 849. The van der Waals surface area contributed by atoms with E-state index in [0.717, 1.165) is 4.90 Å². The van der Waals surface area contributed by atoms with Gasteiger partial charge in [0.05, 0.1) is 11.2 Å². The summed E-state index contributed by atoms with van der Waals surface area (Å²) in [6, 6.07) is 4.13. The largest absolute Gasteiger partial charge is 0.498 e. The first-order valence-corrected chi connectivity index (χ1v) is 10.9. The molecule has 1 atom stereocenters. The highest BCUT2D eigenvalue weighted by molar-refractivity contribution is 6.63. The van der Waals surface area contributed by atoms with Crippen molar-refractivity contribution in [3.63, 3.8) is 0 Å². The van der Waals surface area contributed by atoms with E-state index < -0.39 is 42.0 Å². The van der Waals surface area contributed by atoms with E-state index in [2.05, 4.69) is 0 Å². The van der Waals surface area contributed by atoms with Crippen LogP contribution in [0.2, 0.25) is 0 Å². The third kappa shape index (κ3) is 6.62. The van der Waals surface area contributed by atoms with Crippen LogP contribution in [-0.4, -0.2) is 73.0 Å². The fourth-order valence-electron chi connectivity index (χ4n) is 3.21. The average Bonchev–Trinajstić information content (AvgIpc) is 2.89. The topological polar surface area (TPSA) is 104 Å². The normalized spacial score (nSPS) is 18.0. The maximum absolute atomic E-state index is 12.5. The van der Waals surface area contributed by atoms with Crippen LogP contribution in [0.3, 0.4) is 0 Å². The minimum absolute atomic E-state index is 0.0327. The summed E-state index contributed by atoms with van der Waals surface area (Å²) in [5.41, 5.74) is -0.572. The number of hydrogen-bond acceptors (Lipinski definition) is 7. The number of ether oxygens (including phenoxy) is 3. The van der Waals surface area contributed by atoms with Crippen molar-refractivity contribution >= 4 is 24.6 Å². The summed E-state index contributed by atoms with van der Waals surface area (Å²) in [7, 11) is 2.22. The summed E-state index contributed by atoms with van der Waals surface area (Å²) >= 11 is 0. The number of carboxylic acid groups (broad SMARTS) is 1. The monoisotopic (exact) mass is 465 g/mol. The number of carbonyl (C=O) groups is 2. The van der Waals surface area contributed by atoms with Crippen LogP contribution in [0, 0.1) is 0 Å². The number of benzene rings is 1. The Kier molecular flexibility index (Phi) is 8.09. The predicted molar refractivity (Wildman–Crippen MR) is 124 cm³/mol. The molecule has 0 radical (unpaired) electrons. The van der Waals surface area contributed by atoms with E-state index in [4.69, 9.17) is 23.5 Å². The maximum Gasteiger partial charge on any atom is 0.498 e. The predicted octanol–water partition coefficient (Wildman–Crippen LogP) is 2.83. The number of hydrogen-bond donors (Lipinski definition) is 1. The van der Waals surface area contributed by atoms with Crippen LogP contribution in [0.25, 0.3) is 0 Å². The first-order valence-electron chi connectivity index (χ1n) is 10.9. The van der Waals surface area contributed by atoms with Crippen LogP contribution in [0.1, 0.15) is 54.0 Å². The molecule has 0 aromatic heterocycles. The lowest BCUT2D eigenvalue weighted by molar-refractivity contribution is -0.142. The summed E-state index contributed by atoms with van der Waals surface area (Å²) < 4.78 is 28.4. The van der Waals surface area contributed by atoms with Crippen LogP contribution in [0.4, 0.5) is 4.79 Å². The highest BCUT2D eigenvalue weighted by Crippen LogP contribution is 2.37. The number of carbonyl (C=O) groups excluding carboxylic acids is 1. The molecular weight excluding hydrogens is 429 g/mol. The van der Waals surface area contributed by atoms with E-state index in [9.17, 15) is 14.7 Å². The van der Waals surface area contributed by atoms with Gasteiger partial charge in [0.25, 0.3) is 0 Å². The van der Waals surface area contributed by atoms with E-state index >= 15 is 0 Å². The highest BCUT2D eigenvalue weighted by Gasteiger charge is 2.52. The fourth-order valence-corrected chi connectivity index (χ4v) is 3.21. The van der Waals surface area contributed by atoms with Crippen LogP contribution in [0.5, 0.6) is 5.75 Å². The summed E-state index contributed by atoms with van der Waals surface area (Å²) in [6.45, 7) is 13.0. The Morgan fingerprint density at radius 1 is 1.15 bits per heavy atom. The Balaban J connectivity index is 2.35. The maximum atomic E-state index is 12.5. The van der Waals surface area contributed by atoms with E-state index in [-0.39, 0.29) is 13.2 Å². The number of aliphatic carboxylic acids is 1. The molecule has 0 spiro atoms. The van der Waals surface area contributed by atoms with Gasteiger partial charge in [0.1, 0.15) is 17.4 Å². The number of amides is 1. The molecule has 1 N–H and O–H groups in total. The Morgan fingerprint density at radius 3 is 2.21 bits per heavy atom. The van der Waals surface area contributed by atoms with Gasteiger partial charge >= 0.3 is 19.2 Å². The second-order valence-electron chi connectivity index (χ2n) is 10.2. The van der Waals surface area contributed by atoms with Crippen molar-refractivity contribution in [3.8, 4) is 5.75 Å². The average molecular weight is 465 g/mol. The molecule has 1 aromatic carbocycles. The fraction of sp³-hybridized carbons (Fsp3) is 0.652. The van der Waals surface area contributed by atoms with Crippen LogP contribution >= 0.6 is 0 Å². The molecule has 1 aromatic rings. The van der Waals surface area contributed by atoms with Gasteiger partial charge < -0.3 is 28.6 Å². The Hall–Kier alpha value is -2.30. The molecule has 1 aliphatic heterocycles. The molecule has 9 nitrogen and oxygen atoms in total. The first-order chi connectivity index (χ1) is 15.1. The Morgan fingerprint density at radius 2 is 1.73 bits per heavy atom. The van der Waals surface area contributed by atoms with Gasteiger partial charge in [-0.3, -0.25) is 4.90 Å². The quantitative estimate of drug-likeness (QED) is 0.462. The van der Waals surface area contributed by atoms with Gasteiger partial charge in [-0.15, -0.1) is 0 Å². The van der Waals surface area contributed by atoms with E-state index in [0.29, 0.717) is 16.8 Å². The molecule has 1 amide bonds. The van der Waals surface area contributed by atoms with Crippen LogP contribution in [-0.2, 0) is 30.0 Å². The molecule has 1 saturated heterocycles. The molecular formula is C23H36BNO8. The van der Waals surface area contributed by atoms with Gasteiger partial charge in [-0.1, -0.05) is 12.1 Å². The van der Waals surface area contributed by atoms with Crippen molar-refractivity contribution < 1.29 is 38.2 Å². The smallest absolute Gasteiger partial charge is 0.480 e. The number of carboxylic acids is 1. The number of nitrogens with zero attached hydrogens (tertiary/aromatic N) is 1. The molecule has 0 unspecified atom stereocenters. The first kappa shape index (κ1) is 27.0. The van der Waals surface area contributed by atoms with Gasteiger partial charge in [0.15, 0.2) is 6.79 Å². The van der Waals surface area contributed by atoms with Crippen molar-refractivity contribution in [2.75, 3.05) is 21.0 Å². The third-order valence-electron chi connectivity index (χ3n) is 5.78. The minimum atomic E-state index is -1.14. The van der Waals surface area contributed by atoms with Crippen LogP contribution in [0.15, 0.2) is 18.2 Å². The van der Waals surface area contributed by atoms with Crippen molar-refractivity contribution in [3.05, 3.63) is 23.8 Å². The zero-order valence-corrected chi connectivity index (χ0v) is 21.1. The minimum Gasteiger partial charge on any atom is -0.480 e. The second-order valence-corrected chi connectivity index (χ2v) is 10.2. The van der Waals surface area contributed by atoms with Crippen molar-refractivity contribution in [1.29, 1.82) is 0 Å². The summed E-state index contributed by atoms with van der Waals surface area (Å²) in [5.74, 6) is -0.633. The zero-order chi connectivity index (χ0) is 25.2. The lowest BCUT2D eigenvalue weighted by atomic mass is 9.77. The molecule has 1 heterocycles. The highest BCUT2D eigenvalue weighted by atomic mass is 16.7. The van der Waals surface area contributed by atoms with Crippen LogP contribution < -0.4 is 10.2 Å². The molecule has 10 heteroatoms. The van der Waals surface area contributed by atoms with Crippen molar-refractivity contribution in [2.45, 2.75) is 77.7 Å². The van der Waals surface area contributed by atoms with E-state index in [1.807, 2.05) is 27.7 Å². The summed E-state index contributed by atoms with van der Waals surface area (Å²) in [6.07, 6.45) is -0.650. The van der Waals surface area contributed by atoms with Crippen molar-refractivity contribution in [2.24, 2.45) is 0 Å². The standard InChI is InChI=1S/C23H36BNO8/c1-21(2,3)31-20(28)25(8)17(19(26)27)13-15-10-11-18(30-14-29-9)16(12-15)24-32-22(4,5)23(6,7)33-24/h10-12,17H,13-14H2,1-9H3,(H,26,27)/t17-/m0/s1. The number of likely N-dealkylation sites (N-methyl/N-ethyl adjacent to an activating group) is 1. The summed E-state index contributed by atoms with van der Waals surface area (Å²) in [4.78, 5) is 25.5. The van der Waals surface area contributed by atoms with Gasteiger partial charge in [0, 0.05) is 26.0 Å². The molecule has 184 valence electrons. The molecule has 33 heavy (non-hydrogen) atoms. The van der Waals surface area contributed by atoms with E-state index in [1.165, 1.54) is 14.2 Å². The molecule has 0 saturated carbocycles. The lowest BCUT2D eigenvalue weighted by Crippen LogP contribution is -2.46. The van der Waals surface area contributed by atoms with Gasteiger partial charge in [-0.25, -0.2) is 9.59 Å². The van der Waals surface area contributed by atoms with Crippen molar-refractivity contribution in [1.82, 2.24) is 4.90 Å². The summed E-state index contributed by atoms with van der Waals surface area (Å²) in [5, 5.41) is 9.80. The molecule has 0 aliphatic carbocycles. The zero-order valence-electron chi connectivity index (χ0n) is 21.1. The van der Waals surface area contributed by atoms with Gasteiger partial charge in [-0.05, 0) is 60.1 Å². The van der Waals surface area contributed by atoms with E-state index in [1.54, 1.807) is 39.0 Å².